The van der Waals surface area contributed by atoms with Crippen molar-refractivity contribution in [3.8, 4) is 0 Å². The van der Waals surface area contributed by atoms with Crippen molar-refractivity contribution in [1.82, 2.24) is 10.2 Å². The van der Waals surface area contributed by atoms with Gasteiger partial charge in [-0.25, -0.2) is 0 Å². The minimum absolute atomic E-state index is 0.0679. The third-order valence-corrected chi connectivity index (χ3v) is 3.29. The van der Waals surface area contributed by atoms with Gasteiger partial charge in [0.1, 0.15) is 6.04 Å². The lowest BCUT2D eigenvalue weighted by Gasteiger charge is -2.34. The van der Waals surface area contributed by atoms with Crippen LogP contribution in [-0.2, 0) is 9.59 Å². The summed E-state index contributed by atoms with van der Waals surface area (Å²) in [5.41, 5.74) is 0. The SMILES string of the molecule is CC(=O)N1CCC(NC(C(=O)O)C(C)C)CC1. The Hall–Kier alpha value is -1.10. The number of piperidine rings is 1. The maximum atomic E-state index is 11.2. The summed E-state index contributed by atoms with van der Waals surface area (Å²) < 4.78 is 0. The van der Waals surface area contributed by atoms with E-state index in [1.807, 2.05) is 18.7 Å². The van der Waals surface area contributed by atoms with Gasteiger partial charge in [0.05, 0.1) is 0 Å². The van der Waals surface area contributed by atoms with Gasteiger partial charge in [0, 0.05) is 26.1 Å². The summed E-state index contributed by atoms with van der Waals surface area (Å²) in [5, 5.41) is 12.3. The van der Waals surface area contributed by atoms with Crippen LogP contribution in [0.5, 0.6) is 0 Å². The number of carboxylic acids is 1. The van der Waals surface area contributed by atoms with E-state index in [4.69, 9.17) is 5.11 Å². The van der Waals surface area contributed by atoms with Crippen LogP contribution in [-0.4, -0.2) is 47.1 Å². The molecule has 5 nitrogen and oxygen atoms in total. The van der Waals surface area contributed by atoms with Crippen LogP contribution in [0.15, 0.2) is 0 Å². The van der Waals surface area contributed by atoms with Gasteiger partial charge in [-0.05, 0) is 18.8 Å². The van der Waals surface area contributed by atoms with Gasteiger partial charge >= 0.3 is 5.97 Å². The molecule has 98 valence electrons. The Kier molecular flexibility index (Phi) is 4.93. The van der Waals surface area contributed by atoms with Crippen LogP contribution in [0.3, 0.4) is 0 Å². The lowest BCUT2D eigenvalue weighted by molar-refractivity contribution is -0.141. The van der Waals surface area contributed by atoms with Gasteiger partial charge < -0.3 is 15.3 Å². The molecular weight excluding hydrogens is 220 g/mol. The average molecular weight is 242 g/mol. The summed E-state index contributed by atoms with van der Waals surface area (Å²) >= 11 is 0. The standard InChI is InChI=1S/C12H22N2O3/c1-8(2)11(12(16)17)13-10-4-6-14(7-5-10)9(3)15/h8,10-11,13H,4-7H2,1-3H3,(H,16,17). The van der Waals surface area contributed by atoms with Gasteiger partial charge in [0.2, 0.25) is 5.91 Å². The van der Waals surface area contributed by atoms with Crippen LogP contribution >= 0.6 is 0 Å². The van der Waals surface area contributed by atoms with E-state index in [0.29, 0.717) is 0 Å². The van der Waals surface area contributed by atoms with E-state index in [-0.39, 0.29) is 17.9 Å². The Balaban J connectivity index is 2.44. The molecule has 1 unspecified atom stereocenters. The Morgan fingerprint density at radius 1 is 1.29 bits per heavy atom. The number of aliphatic carboxylic acids is 1. The smallest absolute Gasteiger partial charge is 0.320 e. The van der Waals surface area contributed by atoms with Crippen LogP contribution in [0, 0.1) is 5.92 Å². The first-order valence-electron chi connectivity index (χ1n) is 6.16. The highest BCUT2D eigenvalue weighted by atomic mass is 16.4. The van der Waals surface area contributed by atoms with Crippen molar-refractivity contribution in [2.45, 2.75) is 45.7 Å². The quantitative estimate of drug-likeness (QED) is 0.761. The molecule has 0 aliphatic carbocycles. The van der Waals surface area contributed by atoms with E-state index in [1.165, 1.54) is 0 Å². The first-order valence-corrected chi connectivity index (χ1v) is 6.16. The molecule has 0 bridgehead atoms. The van der Waals surface area contributed by atoms with Crippen LogP contribution in [0.2, 0.25) is 0 Å². The normalized spacial score (nSPS) is 19.4. The summed E-state index contributed by atoms with van der Waals surface area (Å²) in [4.78, 5) is 24.0. The topological polar surface area (TPSA) is 69.6 Å². The molecule has 17 heavy (non-hydrogen) atoms. The highest BCUT2D eigenvalue weighted by Gasteiger charge is 2.27. The largest absolute Gasteiger partial charge is 0.480 e. The molecule has 1 rings (SSSR count). The van der Waals surface area contributed by atoms with E-state index >= 15 is 0 Å². The van der Waals surface area contributed by atoms with Gasteiger partial charge in [-0.3, -0.25) is 9.59 Å². The monoisotopic (exact) mass is 242 g/mol. The summed E-state index contributed by atoms with van der Waals surface area (Å²) in [5.74, 6) is -0.630. The molecule has 2 N–H and O–H groups in total. The van der Waals surface area contributed by atoms with Crippen LogP contribution < -0.4 is 5.32 Å². The lowest BCUT2D eigenvalue weighted by Crippen LogP contribution is -2.51. The number of likely N-dealkylation sites (tertiary alicyclic amines) is 1. The second-order valence-electron chi connectivity index (χ2n) is 5.01. The number of rotatable bonds is 4. The van der Waals surface area contributed by atoms with E-state index in [2.05, 4.69) is 5.32 Å². The Morgan fingerprint density at radius 3 is 2.18 bits per heavy atom. The Labute approximate surface area is 102 Å². The molecule has 0 spiro atoms. The van der Waals surface area contributed by atoms with E-state index < -0.39 is 12.0 Å². The first-order chi connectivity index (χ1) is 7.91. The lowest BCUT2D eigenvalue weighted by atomic mass is 9.99. The zero-order chi connectivity index (χ0) is 13.0. The fourth-order valence-corrected chi connectivity index (χ4v) is 2.16. The summed E-state index contributed by atoms with van der Waals surface area (Å²) in [6, 6.07) is -0.294. The molecule has 1 heterocycles. The van der Waals surface area contributed by atoms with Crippen LogP contribution in [0.25, 0.3) is 0 Å². The second-order valence-corrected chi connectivity index (χ2v) is 5.01. The third-order valence-electron chi connectivity index (χ3n) is 3.29. The molecule has 0 radical (unpaired) electrons. The van der Waals surface area contributed by atoms with E-state index in [1.54, 1.807) is 6.92 Å². The van der Waals surface area contributed by atoms with Gasteiger partial charge in [0.15, 0.2) is 0 Å². The predicted octanol–water partition coefficient (Wildman–Crippen LogP) is 0.696. The first kappa shape index (κ1) is 14.0. The number of carbonyl (C=O) groups excluding carboxylic acids is 1. The minimum atomic E-state index is -0.797. The number of carbonyl (C=O) groups is 2. The van der Waals surface area contributed by atoms with Crippen molar-refractivity contribution in [2.75, 3.05) is 13.1 Å². The predicted molar refractivity (Wildman–Crippen MR) is 64.7 cm³/mol. The van der Waals surface area contributed by atoms with E-state index in [9.17, 15) is 9.59 Å². The van der Waals surface area contributed by atoms with Crippen molar-refractivity contribution < 1.29 is 14.7 Å². The maximum absolute atomic E-state index is 11.2. The molecular formula is C12H22N2O3. The Morgan fingerprint density at radius 2 is 1.82 bits per heavy atom. The number of hydrogen-bond donors (Lipinski definition) is 2. The Bertz CT molecular complexity index is 283. The maximum Gasteiger partial charge on any atom is 0.320 e. The zero-order valence-electron chi connectivity index (χ0n) is 10.8. The van der Waals surface area contributed by atoms with Gasteiger partial charge in [-0.15, -0.1) is 0 Å². The number of amides is 1. The number of nitrogens with one attached hydrogen (secondary N) is 1. The molecule has 1 fully saturated rings. The fourth-order valence-electron chi connectivity index (χ4n) is 2.16. The fraction of sp³-hybridized carbons (Fsp3) is 0.833. The molecule has 0 saturated carbocycles. The van der Waals surface area contributed by atoms with Crippen molar-refractivity contribution in [3.05, 3.63) is 0 Å². The zero-order valence-corrected chi connectivity index (χ0v) is 10.8. The molecule has 5 heteroatoms. The molecule has 1 saturated heterocycles. The van der Waals surface area contributed by atoms with Gasteiger partial charge in [-0.1, -0.05) is 13.8 Å². The van der Waals surface area contributed by atoms with Crippen molar-refractivity contribution in [3.63, 3.8) is 0 Å². The third kappa shape index (κ3) is 4.00. The number of hydrogen-bond acceptors (Lipinski definition) is 3. The van der Waals surface area contributed by atoms with Crippen molar-refractivity contribution >= 4 is 11.9 Å². The highest BCUT2D eigenvalue weighted by molar-refractivity contribution is 5.74. The summed E-state index contributed by atoms with van der Waals surface area (Å²) in [6.07, 6.45) is 1.66. The van der Waals surface area contributed by atoms with Crippen molar-refractivity contribution in [2.24, 2.45) is 5.92 Å². The number of carboxylic acid groups (broad SMARTS) is 1. The van der Waals surface area contributed by atoms with Crippen LogP contribution in [0.4, 0.5) is 0 Å². The van der Waals surface area contributed by atoms with Crippen LogP contribution in [0.1, 0.15) is 33.6 Å². The molecule has 0 aromatic carbocycles. The highest BCUT2D eigenvalue weighted by Crippen LogP contribution is 2.13. The number of nitrogens with zero attached hydrogens (tertiary/aromatic N) is 1. The molecule has 0 aromatic rings. The second kappa shape index (κ2) is 6.00. The molecule has 1 aliphatic rings. The van der Waals surface area contributed by atoms with Gasteiger partial charge in [0.25, 0.3) is 0 Å². The van der Waals surface area contributed by atoms with Gasteiger partial charge in [-0.2, -0.15) is 0 Å². The molecule has 1 amide bonds. The molecule has 0 aromatic heterocycles. The van der Waals surface area contributed by atoms with Crippen molar-refractivity contribution in [1.29, 1.82) is 0 Å². The average Bonchev–Trinajstić information content (AvgIpc) is 2.25. The minimum Gasteiger partial charge on any atom is -0.480 e. The molecule has 1 atom stereocenters. The van der Waals surface area contributed by atoms with E-state index in [0.717, 1.165) is 25.9 Å². The molecule has 1 aliphatic heterocycles. The summed E-state index contributed by atoms with van der Waals surface area (Å²) in [6.45, 7) is 6.81. The summed E-state index contributed by atoms with van der Waals surface area (Å²) in [7, 11) is 0.